The van der Waals surface area contributed by atoms with Gasteiger partial charge in [0.25, 0.3) is 0 Å². The molecule has 3 rings (SSSR count). The van der Waals surface area contributed by atoms with Crippen molar-refractivity contribution in [3.05, 3.63) is 108 Å². The molecule has 0 unspecified atom stereocenters. The first-order valence-electron chi connectivity index (χ1n) is 19.6. The maximum atomic E-state index is 11.6. The number of hydrogen-bond acceptors (Lipinski definition) is 12. The summed E-state index contributed by atoms with van der Waals surface area (Å²) in [5.41, 5.74) is 1.96. The molecular weight excluding hydrogens is 720 g/mol. The normalized spacial score (nSPS) is 11.9. The van der Waals surface area contributed by atoms with Crippen LogP contribution in [0, 0.1) is 0 Å². The summed E-state index contributed by atoms with van der Waals surface area (Å²) in [5.74, 6) is -0.266. The van der Waals surface area contributed by atoms with E-state index in [1.165, 1.54) is 0 Å². The fourth-order valence-corrected chi connectivity index (χ4v) is 5.43. The zero-order valence-electron chi connectivity index (χ0n) is 33.7. The minimum absolute atomic E-state index is 0.229. The molecule has 0 aromatic heterocycles. The highest BCUT2D eigenvalue weighted by Gasteiger charge is 2.37. The average Bonchev–Trinajstić information content (AvgIpc) is 3.20. The van der Waals surface area contributed by atoms with Crippen LogP contribution in [0.5, 0.6) is 0 Å². The molecule has 0 saturated heterocycles. The number of carbonyl (C=O) groups excluding carboxylic acids is 1. The molecule has 312 valence electrons. The van der Waals surface area contributed by atoms with Crippen LogP contribution in [0.4, 0.5) is 0 Å². The number of benzene rings is 3. The molecule has 0 N–H and O–H groups in total. The fourth-order valence-electron chi connectivity index (χ4n) is 5.43. The van der Waals surface area contributed by atoms with Crippen LogP contribution >= 0.6 is 0 Å². The van der Waals surface area contributed by atoms with Crippen LogP contribution in [-0.4, -0.2) is 137 Å². The van der Waals surface area contributed by atoms with E-state index >= 15 is 0 Å². The van der Waals surface area contributed by atoms with Crippen molar-refractivity contribution >= 4 is 5.97 Å². The summed E-state index contributed by atoms with van der Waals surface area (Å²) in [6.45, 7) is 14.3. The Balaban J connectivity index is 1.06. The summed E-state index contributed by atoms with van der Waals surface area (Å²) in [7, 11) is 0. The summed E-state index contributed by atoms with van der Waals surface area (Å²) >= 11 is 0. The molecule has 0 atom stereocenters. The molecule has 56 heavy (non-hydrogen) atoms. The lowest BCUT2D eigenvalue weighted by Gasteiger charge is -2.36. The van der Waals surface area contributed by atoms with Gasteiger partial charge in [-0.15, -0.1) is 0 Å². The average molecular weight is 785 g/mol. The molecule has 0 spiro atoms. The number of ether oxygens (including phenoxy) is 11. The first kappa shape index (κ1) is 47.1. The molecule has 0 aliphatic carbocycles. The summed E-state index contributed by atoms with van der Waals surface area (Å²) in [5, 5.41) is 0. The van der Waals surface area contributed by atoms with Crippen LogP contribution < -0.4 is 0 Å². The summed E-state index contributed by atoms with van der Waals surface area (Å²) in [4.78, 5) is 11.6. The zero-order chi connectivity index (χ0) is 39.8. The predicted molar refractivity (Wildman–Crippen MR) is 213 cm³/mol. The minimum atomic E-state index is -0.756. The SMILES string of the molecule is CC(C)(C)OC(=O)CCOCCOCCOCCOCCOCCOCCOCCOCCOCCOC(c1ccccc1)(c1ccccc1)c1ccccc1. The molecule has 0 radical (unpaired) electrons. The van der Waals surface area contributed by atoms with E-state index in [0.29, 0.717) is 126 Å². The van der Waals surface area contributed by atoms with Gasteiger partial charge in [0, 0.05) is 0 Å². The summed E-state index contributed by atoms with van der Waals surface area (Å²) in [6, 6.07) is 31.0. The zero-order valence-corrected chi connectivity index (χ0v) is 33.7. The highest BCUT2D eigenvalue weighted by Crippen LogP contribution is 2.40. The summed E-state index contributed by atoms with van der Waals surface area (Å²) < 4.78 is 61.9. The second kappa shape index (κ2) is 29.9. The Labute approximate surface area is 333 Å². The molecule has 0 fully saturated rings. The predicted octanol–water partition coefficient (Wildman–Crippen LogP) is 5.88. The highest BCUT2D eigenvalue weighted by molar-refractivity contribution is 5.69. The van der Waals surface area contributed by atoms with E-state index in [0.717, 1.165) is 16.7 Å². The van der Waals surface area contributed by atoms with Gasteiger partial charge in [-0.1, -0.05) is 91.0 Å². The van der Waals surface area contributed by atoms with E-state index in [-0.39, 0.29) is 12.4 Å². The molecule has 0 amide bonds. The maximum Gasteiger partial charge on any atom is 0.308 e. The molecule has 12 nitrogen and oxygen atoms in total. The quantitative estimate of drug-likeness (QED) is 0.0409. The van der Waals surface area contributed by atoms with Crippen LogP contribution in [0.3, 0.4) is 0 Å². The lowest BCUT2D eigenvalue weighted by atomic mass is 9.80. The third kappa shape index (κ3) is 20.8. The van der Waals surface area contributed by atoms with Crippen LogP contribution in [0.15, 0.2) is 91.0 Å². The van der Waals surface area contributed by atoms with E-state index in [9.17, 15) is 4.79 Å². The lowest BCUT2D eigenvalue weighted by molar-refractivity contribution is -0.156. The molecule has 0 heterocycles. The smallest absolute Gasteiger partial charge is 0.308 e. The highest BCUT2D eigenvalue weighted by atomic mass is 16.6. The van der Waals surface area contributed by atoms with Crippen LogP contribution in [-0.2, 0) is 62.5 Å². The van der Waals surface area contributed by atoms with Gasteiger partial charge in [-0.2, -0.15) is 0 Å². The van der Waals surface area contributed by atoms with E-state index in [4.69, 9.17) is 52.1 Å². The Morgan fingerprint density at radius 2 is 0.625 bits per heavy atom. The number of rotatable bonds is 34. The Hall–Kier alpha value is -3.27. The molecule has 0 aliphatic heterocycles. The second-order valence-electron chi connectivity index (χ2n) is 13.5. The van der Waals surface area contributed by atoms with Crippen molar-refractivity contribution in [3.63, 3.8) is 0 Å². The standard InChI is InChI=1S/C44H64O12/c1-43(2,3)56-42(45)19-20-46-21-22-47-23-24-48-25-26-49-27-28-50-29-30-51-31-32-52-33-34-53-35-36-54-37-38-55-44(39-13-7-4-8-14-39,40-15-9-5-10-16-40)41-17-11-6-12-18-41/h4-18H,19-38H2,1-3H3. The number of carbonyl (C=O) groups is 1. The van der Waals surface area contributed by atoms with Crippen LogP contribution in [0.1, 0.15) is 43.9 Å². The first-order chi connectivity index (χ1) is 27.4. The van der Waals surface area contributed by atoms with Gasteiger partial charge in [0.15, 0.2) is 0 Å². The van der Waals surface area contributed by atoms with Crippen LogP contribution in [0.2, 0.25) is 0 Å². The van der Waals surface area contributed by atoms with Crippen molar-refractivity contribution in [2.45, 2.75) is 38.4 Å². The number of hydrogen-bond donors (Lipinski definition) is 0. The summed E-state index contributed by atoms with van der Waals surface area (Å²) in [6.07, 6.45) is 0.229. The van der Waals surface area contributed by atoms with Crippen molar-refractivity contribution in [2.75, 3.05) is 126 Å². The third-order valence-electron chi connectivity index (χ3n) is 7.93. The van der Waals surface area contributed by atoms with Crippen molar-refractivity contribution in [3.8, 4) is 0 Å². The van der Waals surface area contributed by atoms with Crippen molar-refractivity contribution in [1.82, 2.24) is 0 Å². The maximum absolute atomic E-state index is 11.6. The van der Waals surface area contributed by atoms with Crippen molar-refractivity contribution in [1.29, 1.82) is 0 Å². The van der Waals surface area contributed by atoms with Gasteiger partial charge in [0.1, 0.15) is 11.2 Å². The van der Waals surface area contributed by atoms with E-state index in [1.54, 1.807) is 0 Å². The lowest BCUT2D eigenvalue weighted by Crippen LogP contribution is -2.34. The molecular formula is C44H64O12. The first-order valence-corrected chi connectivity index (χ1v) is 19.6. The Morgan fingerprint density at radius 1 is 0.375 bits per heavy atom. The van der Waals surface area contributed by atoms with Gasteiger partial charge >= 0.3 is 5.97 Å². The van der Waals surface area contributed by atoms with E-state index < -0.39 is 11.2 Å². The topological polar surface area (TPSA) is 119 Å². The largest absolute Gasteiger partial charge is 0.460 e. The van der Waals surface area contributed by atoms with Gasteiger partial charge in [-0.3, -0.25) is 4.79 Å². The fraction of sp³-hybridized carbons (Fsp3) is 0.568. The van der Waals surface area contributed by atoms with Crippen molar-refractivity contribution < 1.29 is 56.9 Å². The van der Waals surface area contributed by atoms with Gasteiger partial charge in [0.05, 0.1) is 132 Å². The Bertz CT molecular complexity index is 1260. The van der Waals surface area contributed by atoms with Gasteiger partial charge in [-0.25, -0.2) is 0 Å². The minimum Gasteiger partial charge on any atom is -0.460 e. The molecule has 3 aromatic rings. The van der Waals surface area contributed by atoms with Gasteiger partial charge < -0.3 is 52.1 Å². The van der Waals surface area contributed by atoms with Crippen molar-refractivity contribution in [2.24, 2.45) is 0 Å². The van der Waals surface area contributed by atoms with Crippen LogP contribution in [0.25, 0.3) is 0 Å². The molecule has 0 bridgehead atoms. The Morgan fingerprint density at radius 3 is 0.893 bits per heavy atom. The molecule has 0 aliphatic rings. The Kier molecular flexibility index (Phi) is 25.1. The number of esters is 1. The molecule has 0 saturated carbocycles. The molecule has 12 heteroatoms. The van der Waals surface area contributed by atoms with E-state index in [1.807, 2.05) is 75.4 Å². The monoisotopic (exact) mass is 784 g/mol. The van der Waals surface area contributed by atoms with E-state index in [2.05, 4.69) is 36.4 Å². The second-order valence-corrected chi connectivity index (χ2v) is 13.5. The third-order valence-corrected chi connectivity index (χ3v) is 7.93. The molecule has 3 aromatic carbocycles. The van der Waals surface area contributed by atoms with Gasteiger partial charge in [-0.05, 0) is 37.5 Å². The van der Waals surface area contributed by atoms with Gasteiger partial charge in [0.2, 0.25) is 0 Å².